The molecule has 0 unspecified atom stereocenters. The molecular weight excluding hydrogens is 340 g/mol. The summed E-state index contributed by atoms with van der Waals surface area (Å²) in [6.07, 6.45) is 1.88. The molecule has 0 saturated heterocycles. The average Bonchev–Trinajstić information content (AvgIpc) is 3.45. The SMILES string of the molecule is C[C@@H](Nc1ccc(NC(=O)C2CC2)cc1)C(=O)Nc1ccc(F)c(F)c1. The molecule has 0 bridgehead atoms. The van der Waals surface area contributed by atoms with Gasteiger partial charge >= 0.3 is 0 Å². The van der Waals surface area contributed by atoms with Crippen LogP contribution in [-0.2, 0) is 9.59 Å². The summed E-state index contributed by atoms with van der Waals surface area (Å²) in [5.74, 6) is -2.21. The fourth-order valence-electron chi connectivity index (χ4n) is 2.38. The van der Waals surface area contributed by atoms with Crippen LogP contribution in [0.3, 0.4) is 0 Å². The maximum Gasteiger partial charge on any atom is 0.246 e. The fourth-order valence-corrected chi connectivity index (χ4v) is 2.38. The van der Waals surface area contributed by atoms with E-state index < -0.39 is 17.7 Å². The number of benzene rings is 2. The largest absolute Gasteiger partial charge is 0.374 e. The molecule has 1 aliphatic rings. The van der Waals surface area contributed by atoms with Crippen LogP contribution < -0.4 is 16.0 Å². The van der Waals surface area contributed by atoms with E-state index in [4.69, 9.17) is 0 Å². The summed E-state index contributed by atoms with van der Waals surface area (Å²) in [4.78, 5) is 23.9. The van der Waals surface area contributed by atoms with Gasteiger partial charge in [0, 0.05) is 29.0 Å². The Balaban J connectivity index is 1.54. The number of halogens is 2. The lowest BCUT2D eigenvalue weighted by molar-refractivity contribution is -0.117. The topological polar surface area (TPSA) is 70.2 Å². The highest BCUT2D eigenvalue weighted by atomic mass is 19.2. The van der Waals surface area contributed by atoms with Gasteiger partial charge in [0.15, 0.2) is 11.6 Å². The lowest BCUT2D eigenvalue weighted by Crippen LogP contribution is -2.31. The van der Waals surface area contributed by atoms with Crippen LogP contribution in [0.4, 0.5) is 25.8 Å². The molecule has 3 rings (SSSR count). The van der Waals surface area contributed by atoms with Crippen LogP contribution in [0.25, 0.3) is 0 Å². The van der Waals surface area contributed by atoms with E-state index in [1.165, 1.54) is 6.07 Å². The number of nitrogens with one attached hydrogen (secondary N) is 3. The first kappa shape index (κ1) is 17.8. The van der Waals surface area contributed by atoms with Crippen molar-refractivity contribution in [2.24, 2.45) is 5.92 Å². The summed E-state index contributed by atoms with van der Waals surface area (Å²) in [6.45, 7) is 1.65. The van der Waals surface area contributed by atoms with E-state index in [-0.39, 0.29) is 23.4 Å². The Kier molecular flexibility index (Phi) is 5.16. The Morgan fingerprint density at radius 3 is 2.15 bits per heavy atom. The minimum Gasteiger partial charge on any atom is -0.374 e. The highest BCUT2D eigenvalue weighted by Crippen LogP contribution is 2.30. The molecule has 0 spiro atoms. The van der Waals surface area contributed by atoms with Gasteiger partial charge in [-0.15, -0.1) is 0 Å². The molecule has 0 heterocycles. The normalized spacial score (nSPS) is 14.4. The van der Waals surface area contributed by atoms with Crippen LogP contribution in [0.2, 0.25) is 0 Å². The van der Waals surface area contributed by atoms with Crippen LogP contribution >= 0.6 is 0 Å². The molecular formula is C19H19F2N3O2. The third-order valence-electron chi connectivity index (χ3n) is 4.06. The Hall–Kier alpha value is -2.96. The van der Waals surface area contributed by atoms with Gasteiger partial charge in [-0.2, -0.15) is 0 Å². The minimum absolute atomic E-state index is 0.0324. The zero-order chi connectivity index (χ0) is 18.7. The first-order chi connectivity index (χ1) is 12.4. The van der Waals surface area contributed by atoms with Gasteiger partial charge in [0.1, 0.15) is 6.04 Å². The minimum atomic E-state index is -1.02. The van der Waals surface area contributed by atoms with Gasteiger partial charge in [-0.1, -0.05) is 0 Å². The van der Waals surface area contributed by atoms with E-state index >= 15 is 0 Å². The zero-order valence-corrected chi connectivity index (χ0v) is 14.2. The molecule has 1 aliphatic carbocycles. The van der Waals surface area contributed by atoms with Gasteiger partial charge in [-0.25, -0.2) is 8.78 Å². The average molecular weight is 359 g/mol. The Morgan fingerprint density at radius 1 is 0.923 bits per heavy atom. The highest BCUT2D eigenvalue weighted by Gasteiger charge is 2.29. The first-order valence-corrected chi connectivity index (χ1v) is 8.36. The van der Waals surface area contributed by atoms with Crippen molar-refractivity contribution in [3.05, 3.63) is 54.1 Å². The van der Waals surface area contributed by atoms with Crippen molar-refractivity contribution in [3.63, 3.8) is 0 Å². The van der Waals surface area contributed by atoms with Gasteiger partial charge in [-0.05, 0) is 56.2 Å². The number of anilines is 3. The molecule has 0 radical (unpaired) electrons. The molecule has 0 aromatic heterocycles. The van der Waals surface area contributed by atoms with Crippen molar-refractivity contribution in [1.82, 2.24) is 0 Å². The number of carbonyl (C=O) groups is 2. The summed E-state index contributed by atoms with van der Waals surface area (Å²) in [5.41, 5.74) is 1.58. The second-order valence-corrected chi connectivity index (χ2v) is 6.33. The van der Waals surface area contributed by atoms with Gasteiger partial charge in [0.2, 0.25) is 11.8 Å². The van der Waals surface area contributed by atoms with Crippen LogP contribution in [0.1, 0.15) is 19.8 Å². The van der Waals surface area contributed by atoms with Crippen molar-refractivity contribution < 1.29 is 18.4 Å². The molecule has 26 heavy (non-hydrogen) atoms. The Labute approximate surface area is 149 Å². The highest BCUT2D eigenvalue weighted by molar-refractivity contribution is 5.96. The standard InChI is InChI=1S/C19H19F2N3O2/c1-11(18(25)24-15-8-9-16(20)17(21)10-15)22-13-4-6-14(7-5-13)23-19(26)12-2-3-12/h4-12,22H,2-3H2,1H3,(H,23,26)(H,24,25)/t11-/m1/s1. The summed E-state index contributed by atoms with van der Waals surface area (Å²) in [5, 5.41) is 8.37. The van der Waals surface area contributed by atoms with Crippen molar-refractivity contribution in [1.29, 1.82) is 0 Å². The van der Waals surface area contributed by atoms with Crippen LogP contribution in [-0.4, -0.2) is 17.9 Å². The van der Waals surface area contributed by atoms with E-state index in [9.17, 15) is 18.4 Å². The summed E-state index contributed by atoms with van der Waals surface area (Å²) < 4.78 is 26.1. The lowest BCUT2D eigenvalue weighted by atomic mass is 10.2. The number of hydrogen-bond donors (Lipinski definition) is 3. The fraction of sp³-hybridized carbons (Fsp3) is 0.263. The number of rotatable bonds is 6. The Bertz CT molecular complexity index is 820. The molecule has 3 N–H and O–H groups in total. The van der Waals surface area contributed by atoms with Crippen LogP contribution in [0.15, 0.2) is 42.5 Å². The predicted molar refractivity (Wildman–Crippen MR) is 95.9 cm³/mol. The van der Waals surface area contributed by atoms with E-state index in [0.29, 0.717) is 11.4 Å². The van der Waals surface area contributed by atoms with E-state index in [2.05, 4.69) is 16.0 Å². The molecule has 1 atom stereocenters. The van der Waals surface area contributed by atoms with Crippen LogP contribution in [0.5, 0.6) is 0 Å². The van der Waals surface area contributed by atoms with Crippen molar-refractivity contribution in [3.8, 4) is 0 Å². The van der Waals surface area contributed by atoms with E-state index in [1.54, 1.807) is 31.2 Å². The van der Waals surface area contributed by atoms with Crippen molar-refractivity contribution in [2.75, 3.05) is 16.0 Å². The second kappa shape index (κ2) is 7.51. The Morgan fingerprint density at radius 2 is 1.54 bits per heavy atom. The van der Waals surface area contributed by atoms with Gasteiger partial charge in [-0.3, -0.25) is 9.59 Å². The van der Waals surface area contributed by atoms with E-state index in [1.807, 2.05) is 0 Å². The third kappa shape index (κ3) is 4.56. The van der Waals surface area contributed by atoms with Gasteiger partial charge in [0.05, 0.1) is 0 Å². The number of amides is 2. The maximum absolute atomic E-state index is 13.2. The molecule has 2 aromatic carbocycles. The van der Waals surface area contributed by atoms with Crippen molar-refractivity contribution in [2.45, 2.75) is 25.8 Å². The zero-order valence-electron chi connectivity index (χ0n) is 14.2. The summed E-state index contributed by atoms with van der Waals surface area (Å²) >= 11 is 0. The quantitative estimate of drug-likeness (QED) is 0.736. The monoisotopic (exact) mass is 359 g/mol. The maximum atomic E-state index is 13.2. The summed E-state index contributed by atoms with van der Waals surface area (Å²) in [7, 11) is 0. The van der Waals surface area contributed by atoms with E-state index in [0.717, 1.165) is 25.0 Å². The predicted octanol–water partition coefficient (Wildman–Crippen LogP) is 3.75. The molecule has 2 aromatic rings. The van der Waals surface area contributed by atoms with Gasteiger partial charge < -0.3 is 16.0 Å². The molecule has 2 amide bonds. The summed E-state index contributed by atoms with van der Waals surface area (Å²) in [6, 6.07) is 9.59. The molecule has 0 aliphatic heterocycles. The molecule has 136 valence electrons. The molecule has 1 fully saturated rings. The smallest absolute Gasteiger partial charge is 0.246 e. The van der Waals surface area contributed by atoms with Crippen molar-refractivity contribution >= 4 is 28.9 Å². The molecule has 1 saturated carbocycles. The van der Waals surface area contributed by atoms with Crippen LogP contribution in [0, 0.1) is 17.6 Å². The first-order valence-electron chi connectivity index (χ1n) is 8.36. The number of carbonyl (C=O) groups excluding carboxylic acids is 2. The molecule has 7 heteroatoms. The second-order valence-electron chi connectivity index (χ2n) is 6.33. The number of hydrogen-bond acceptors (Lipinski definition) is 3. The molecule has 5 nitrogen and oxygen atoms in total. The van der Waals surface area contributed by atoms with Gasteiger partial charge in [0.25, 0.3) is 0 Å². The lowest BCUT2D eigenvalue weighted by Gasteiger charge is -2.16. The third-order valence-corrected chi connectivity index (χ3v) is 4.06.